The van der Waals surface area contributed by atoms with Crippen LogP contribution < -0.4 is 5.32 Å². The van der Waals surface area contributed by atoms with Crippen LogP contribution in [-0.4, -0.2) is 54.1 Å². The molecule has 3 N–H and O–H groups in total. The molecule has 0 spiro atoms. The number of aliphatic hydroxyl groups is 2. The summed E-state index contributed by atoms with van der Waals surface area (Å²) in [6.07, 6.45) is 0.532. The van der Waals surface area contributed by atoms with Crippen LogP contribution in [0.1, 0.15) is 6.42 Å². The van der Waals surface area contributed by atoms with Gasteiger partial charge in [-0.15, -0.1) is 0 Å². The van der Waals surface area contributed by atoms with Crippen LogP contribution in [0.25, 0.3) is 0 Å². The van der Waals surface area contributed by atoms with Crippen molar-refractivity contribution in [2.75, 3.05) is 26.7 Å². The zero-order valence-corrected chi connectivity index (χ0v) is 6.82. The molecular weight excluding hydrogens is 144 g/mol. The maximum absolute atomic E-state index is 9.35. The number of nitrogens with one attached hydrogen (secondary N) is 1. The van der Waals surface area contributed by atoms with Crippen LogP contribution in [0, 0.1) is 0 Å². The second-order valence-corrected chi connectivity index (χ2v) is 2.96. The molecule has 1 heterocycles. The summed E-state index contributed by atoms with van der Waals surface area (Å²) >= 11 is 0. The number of hydrogen-bond acceptors (Lipinski definition) is 4. The summed E-state index contributed by atoms with van der Waals surface area (Å²) in [6.45, 7) is 1.64. The summed E-state index contributed by atoms with van der Waals surface area (Å²) < 4.78 is 0. The van der Waals surface area contributed by atoms with E-state index >= 15 is 0 Å². The van der Waals surface area contributed by atoms with Gasteiger partial charge in [0.05, 0.1) is 6.61 Å². The summed E-state index contributed by atoms with van der Waals surface area (Å²) in [5.41, 5.74) is 0. The summed E-state index contributed by atoms with van der Waals surface area (Å²) in [7, 11) is 1.91. The van der Waals surface area contributed by atoms with Crippen molar-refractivity contribution in [3.8, 4) is 0 Å². The van der Waals surface area contributed by atoms with Gasteiger partial charge in [0.25, 0.3) is 0 Å². The van der Waals surface area contributed by atoms with Gasteiger partial charge in [-0.05, 0) is 20.0 Å². The minimum Gasteiger partial charge on any atom is -0.395 e. The molecule has 1 fully saturated rings. The van der Waals surface area contributed by atoms with E-state index in [1.54, 1.807) is 0 Å². The molecule has 2 atom stereocenters. The molecule has 0 amide bonds. The molecule has 1 saturated heterocycles. The molecule has 0 radical (unpaired) electrons. The first-order valence-electron chi connectivity index (χ1n) is 3.98. The summed E-state index contributed by atoms with van der Waals surface area (Å²) in [5, 5.41) is 20.9. The third kappa shape index (κ3) is 2.13. The maximum atomic E-state index is 9.35. The molecule has 1 rings (SSSR count). The molecule has 1 aliphatic rings. The molecule has 0 aliphatic carbocycles. The topological polar surface area (TPSA) is 55.7 Å². The average Bonchev–Trinajstić information content (AvgIpc) is 2.36. The fourth-order valence-corrected chi connectivity index (χ4v) is 1.46. The third-order valence-corrected chi connectivity index (χ3v) is 2.18. The van der Waals surface area contributed by atoms with E-state index in [9.17, 15) is 5.11 Å². The van der Waals surface area contributed by atoms with Crippen LogP contribution in [-0.2, 0) is 0 Å². The third-order valence-electron chi connectivity index (χ3n) is 2.18. The SMILES string of the molecule is CN(CCO)C1CCNC1O. The van der Waals surface area contributed by atoms with Crippen LogP contribution >= 0.6 is 0 Å². The Balaban J connectivity index is 2.33. The largest absolute Gasteiger partial charge is 0.395 e. The molecule has 4 heteroatoms. The van der Waals surface area contributed by atoms with Crippen LogP contribution in [0.3, 0.4) is 0 Å². The van der Waals surface area contributed by atoms with Crippen LogP contribution in [0.5, 0.6) is 0 Å². The smallest absolute Gasteiger partial charge is 0.120 e. The molecule has 2 unspecified atom stereocenters. The molecule has 0 aromatic heterocycles. The average molecular weight is 160 g/mol. The van der Waals surface area contributed by atoms with Gasteiger partial charge < -0.3 is 10.2 Å². The molecule has 66 valence electrons. The first-order valence-corrected chi connectivity index (χ1v) is 3.98. The van der Waals surface area contributed by atoms with Gasteiger partial charge in [0.1, 0.15) is 6.23 Å². The van der Waals surface area contributed by atoms with E-state index in [1.807, 2.05) is 11.9 Å². The number of likely N-dealkylation sites (N-methyl/N-ethyl adjacent to an activating group) is 1. The number of aliphatic hydroxyl groups excluding tert-OH is 2. The lowest BCUT2D eigenvalue weighted by atomic mass is 10.2. The van der Waals surface area contributed by atoms with Gasteiger partial charge in [-0.2, -0.15) is 0 Å². The Morgan fingerprint density at radius 1 is 1.64 bits per heavy atom. The maximum Gasteiger partial charge on any atom is 0.120 e. The Morgan fingerprint density at radius 3 is 2.82 bits per heavy atom. The zero-order valence-electron chi connectivity index (χ0n) is 6.82. The number of rotatable bonds is 3. The Hall–Kier alpha value is -0.160. The van der Waals surface area contributed by atoms with Crippen LogP contribution in [0.4, 0.5) is 0 Å². The Morgan fingerprint density at radius 2 is 2.36 bits per heavy atom. The van der Waals surface area contributed by atoms with Crippen molar-refractivity contribution in [3.63, 3.8) is 0 Å². The minimum atomic E-state index is -0.424. The highest BCUT2D eigenvalue weighted by atomic mass is 16.3. The standard InChI is InChI=1S/C7H16N2O2/c1-9(4-5-10)6-2-3-8-7(6)11/h6-8,10-11H,2-5H2,1H3. The second kappa shape index (κ2) is 4.01. The lowest BCUT2D eigenvalue weighted by Gasteiger charge is -2.25. The van der Waals surface area contributed by atoms with E-state index in [2.05, 4.69) is 5.32 Å². The highest BCUT2D eigenvalue weighted by Crippen LogP contribution is 2.10. The molecule has 4 nitrogen and oxygen atoms in total. The minimum absolute atomic E-state index is 0.153. The van der Waals surface area contributed by atoms with Crippen LogP contribution in [0.2, 0.25) is 0 Å². The number of hydrogen-bond donors (Lipinski definition) is 3. The Labute approximate surface area is 66.8 Å². The Bertz CT molecular complexity index is 121. The van der Waals surface area contributed by atoms with Crippen LogP contribution in [0.15, 0.2) is 0 Å². The van der Waals surface area contributed by atoms with E-state index in [1.165, 1.54) is 0 Å². The fourth-order valence-electron chi connectivity index (χ4n) is 1.46. The van der Waals surface area contributed by atoms with Crippen molar-refractivity contribution in [1.82, 2.24) is 10.2 Å². The van der Waals surface area contributed by atoms with Gasteiger partial charge in [-0.1, -0.05) is 0 Å². The Kier molecular flexibility index (Phi) is 3.26. The van der Waals surface area contributed by atoms with Crippen molar-refractivity contribution in [2.24, 2.45) is 0 Å². The predicted octanol–water partition coefficient (Wildman–Crippen LogP) is -1.41. The number of nitrogens with zero attached hydrogens (tertiary/aromatic N) is 1. The first-order chi connectivity index (χ1) is 5.25. The molecule has 1 aliphatic heterocycles. The first kappa shape index (κ1) is 8.93. The fraction of sp³-hybridized carbons (Fsp3) is 1.00. The van der Waals surface area contributed by atoms with E-state index in [0.29, 0.717) is 6.54 Å². The van der Waals surface area contributed by atoms with Crippen molar-refractivity contribution < 1.29 is 10.2 Å². The lowest BCUT2D eigenvalue weighted by Crippen LogP contribution is -2.42. The van der Waals surface area contributed by atoms with E-state index in [-0.39, 0.29) is 12.6 Å². The van der Waals surface area contributed by atoms with Gasteiger partial charge in [-0.3, -0.25) is 10.2 Å². The van der Waals surface area contributed by atoms with Gasteiger partial charge in [0.15, 0.2) is 0 Å². The molecule has 11 heavy (non-hydrogen) atoms. The summed E-state index contributed by atoms with van der Waals surface area (Å²) in [5.74, 6) is 0. The van der Waals surface area contributed by atoms with E-state index < -0.39 is 6.23 Å². The van der Waals surface area contributed by atoms with E-state index in [0.717, 1.165) is 13.0 Å². The van der Waals surface area contributed by atoms with Crippen molar-refractivity contribution in [2.45, 2.75) is 18.7 Å². The highest BCUT2D eigenvalue weighted by Gasteiger charge is 2.27. The summed E-state index contributed by atoms with van der Waals surface area (Å²) in [4.78, 5) is 1.98. The van der Waals surface area contributed by atoms with Crippen molar-refractivity contribution in [1.29, 1.82) is 0 Å². The van der Waals surface area contributed by atoms with Crippen molar-refractivity contribution >= 4 is 0 Å². The molecular formula is C7H16N2O2. The lowest BCUT2D eigenvalue weighted by molar-refractivity contribution is 0.0632. The highest BCUT2D eigenvalue weighted by molar-refractivity contribution is 4.82. The molecule has 0 bridgehead atoms. The quantitative estimate of drug-likeness (QED) is 0.475. The second-order valence-electron chi connectivity index (χ2n) is 2.96. The van der Waals surface area contributed by atoms with Gasteiger partial charge >= 0.3 is 0 Å². The molecule has 0 aromatic rings. The molecule has 0 saturated carbocycles. The zero-order chi connectivity index (χ0) is 8.27. The van der Waals surface area contributed by atoms with Gasteiger partial charge in [0, 0.05) is 12.6 Å². The summed E-state index contributed by atoms with van der Waals surface area (Å²) in [6, 6.07) is 0.169. The monoisotopic (exact) mass is 160 g/mol. The van der Waals surface area contributed by atoms with E-state index in [4.69, 9.17) is 5.11 Å². The van der Waals surface area contributed by atoms with Gasteiger partial charge in [-0.25, -0.2) is 0 Å². The van der Waals surface area contributed by atoms with Crippen molar-refractivity contribution in [3.05, 3.63) is 0 Å². The predicted molar refractivity (Wildman–Crippen MR) is 42.1 cm³/mol. The molecule has 0 aromatic carbocycles. The normalized spacial score (nSPS) is 31.6. The van der Waals surface area contributed by atoms with Gasteiger partial charge in [0.2, 0.25) is 0 Å².